The van der Waals surface area contributed by atoms with Crippen LogP contribution in [0.2, 0.25) is 0 Å². The van der Waals surface area contributed by atoms with E-state index < -0.39 is 17.7 Å². The van der Waals surface area contributed by atoms with Gasteiger partial charge >= 0.3 is 12.1 Å². The summed E-state index contributed by atoms with van der Waals surface area (Å²) in [6, 6.07) is 4.72. The first-order valence-corrected chi connectivity index (χ1v) is 7.53. The number of methoxy groups -OCH3 is 1. The van der Waals surface area contributed by atoms with Crippen LogP contribution in [0.3, 0.4) is 0 Å². The van der Waals surface area contributed by atoms with Crippen molar-refractivity contribution in [3.63, 3.8) is 0 Å². The maximum Gasteiger partial charge on any atom is 0.415 e. The number of benzene rings is 1. The Morgan fingerprint density at radius 2 is 2.00 bits per heavy atom. The van der Waals surface area contributed by atoms with Gasteiger partial charge in [-0.05, 0) is 39.0 Å². The van der Waals surface area contributed by atoms with Gasteiger partial charge in [-0.1, -0.05) is 0 Å². The highest BCUT2D eigenvalue weighted by Crippen LogP contribution is 2.29. The summed E-state index contributed by atoms with van der Waals surface area (Å²) >= 11 is 0. The zero-order valence-electron chi connectivity index (χ0n) is 14.3. The number of anilines is 1. The van der Waals surface area contributed by atoms with Gasteiger partial charge in [0.1, 0.15) is 18.5 Å². The average Bonchev–Trinajstić information content (AvgIpc) is 2.53. The smallest absolute Gasteiger partial charge is 0.415 e. The molecule has 7 nitrogen and oxygen atoms in total. The van der Waals surface area contributed by atoms with Gasteiger partial charge in [0, 0.05) is 11.3 Å². The summed E-state index contributed by atoms with van der Waals surface area (Å²) in [6.45, 7) is 6.05. The molecule has 0 aliphatic carbocycles. The van der Waals surface area contributed by atoms with Crippen molar-refractivity contribution in [2.45, 2.75) is 26.4 Å². The van der Waals surface area contributed by atoms with Crippen LogP contribution in [0.15, 0.2) is 24.5 Å². The molecule has 0 saturated carbocycles. The SMILES string of the molecule is COC(=O)c1ccc(N)c(C2=COCCN2C(=O)OC(C)(C)C)c1. The Hall–Kier alpha value is -2.70. The predicted molar refractivity (Wildman–Crippen MR) is 89.1 cm³/mol. The number of carbonyl (C=O) groups is 2. The Morgan fingerprint density at radius 3 is 2.62 bits per heavy atom. The highest BCUT2D eigenvalue weighted by atomic mass is 16.6. The number of amides is 1. The highest BCUT2D eigenvalue weighted by Gasteiger charge is 2.29. The van der Waals surface area contributed by atoms with E-state index in [-0.39, 0.29) is 0 Å². The number of nitrogen functional groups attached to an aromatic ring is 1. The Labute approximate surface area is 141 Å². The van der Waals surface area contributed by atoms with Gasteiger partial charge in [0.25, 0.3) is 0 Å². The van der Waals surface area contributed by atoms with E-state index in [9.17, 15) is 9.59 Å². The van der Waals surface area contributed by atoms with E-state index in [0.717, 1.165) is 0 Å². The minimum atomic E-state index is -0.625. The lowest BCUT2D eigenvalue weighted by atomic mass is 10.0. The average molecular weight is 334 g/mol. The normalized spacial score (nSPS) is 14.5. The van der Waals surface area contributed by atoms with Crippen molar-refractivity contribution in [3.8, 4) is 0 Å². The summed E-state index contributed by atoms with van der Waals surface area (Å²) in [5.74, 6) is -0.489. The summed E-state index contributed by atoms with van der Waals surface area (Å²) < 4.78 is 15.5. The number of hydrogen-bond donors (Lipinski definition) is 1. The van der Waals surface area contributed by atoms with Gasteiger partial charge in [-0.2, -0.15) is 0 Å². The summed E-state index contributed by atoms with van der Waals surface area (Å²) in [5.41, 5.74) is 7.09. The molecule has 1 aromatic carbocycles. The van der Waals surface area contributed by atoms with Crippen LogP contribution < -0.4 is 5.73 Å². The fourth-order valence-corrected chi connectivity index (χ4v) is 2.20. The number of rotatable bonds is 2. The van der Waals surface area contributed by atoms with Gasteiger partial charge in [0.2, 0.25) is 0 Å². The number of esters is 1. The molecule has 2 N–H and O–H groups in total. The molecule has 0 spiro atoms. The van der Waals surface area contributed by atoms with Crippen molar-refractivity contribution >= 4 is 23.4 Å². The van der Waals surface area contributed by atoms with E-state index in [4.69, 9.17) is 19.9 Å². The molecule has 2 rings (SSSR count). The lowest BCUT2D eigenvalue weighted by Crippen LogP contribution is -2.39. The summed E-state index contributed by atoms with van der Waals surface area (Å²) in [4.78, 5) is 25.6. The number of ether oxygens (including phenoxy) is 3. The van der Waals surface area contributed by atoms with E-state index >= 15 is 0 Å². The van der Waals surface area contributed by atoms with Gasteiger partial charge < -0.3 is 19.9 Å². The third-order valence-electron chi connectivity index (χ3n) is 3.28. The first-order valence-electron chi connectivity index (χ1n) is 7.53. The molecule has 0 radical (unpaired) electrons. The summed E-state index contributed by atoms with van der Waals surface area (Å²) in [5, 5.41) is 0. The molecule has 1 aromatic rings. The minimum Gasteiger partial charge on any atom is -0.497 e. The van der Waals surface area contributed by atoms with Gasteiger partial charge in [-0.15, -0.1) is 0 Å². The van der Waals surface area contributed by atoms with Gasteiger partial charge in [-0.3, -0.25) is 4.90 Å². The van der Waals surface area contributed by atoms with Gasteiger partial charge in [0.15, 0.2) is 0 Å². The van der Waals surface area contributed by atoms with Crippen LogP contribution >= 0.6 is 0 Å². The minimum absolute atomic E-state index is 0.322. The predicted octanol–water partition coefficient (Wildman–Crippen LogP) is 2.62. The Kier molecular flexibility index (Phi) is 5.02. The monoisotopic (exact) mass is 334 g/mol. The Morgan fingerprint density at radius 1 is 1.29 bits per heavy atom. The molecule has 0 bridgehead atoms. The number of nitrogens with zero attached hydrogens (tertiary/aromatic N) is 1. The molecular formula is C17H22N2O5. The first-order chi connectivity index (χ1) is 11.2. The van der Waals surface area contributed by atoms with Crippen LogP contribution in [0, 0.1) is 0 Å². The van der Waals surface area contributed by atoms with Gasteiger partial charge in [-0.25, -0.2) is 9.59 Å². The van der Waals surface area contributed by atoms with Crippen molar-refractivity contribution in [1.82, 2.24) is 4.90 Å². The molecule has 1 aliphatic rings. The van der Waals surface area contributed by atoms with Crippen molar-refractivity contribution < 1.29 is 23.8 Å². The summed E-state index contributed by atoms with van der Waals surface area (Å²) in [7, 11) is 1.30. The maximum absolute atomic E-state index is 12.5. The van der Waals surface area contributed by atoms with Crippen molar-refractivity contribution in [2.24, 2.45) is 0 Å². The number of nitrogens with two attached hydrogens (primary N) is 1. The Bertz CT molecular complexity index is 676. The second-order valence-corrected chi connectivity index (χ2v) is 6.30. The van der Waals surface area contributed by atoms with Crippen LogP contribution in [0.25, 0.3) is 5.70 Å². The lowest BCUT2D eigenvalue weighted by molar-refractivity contribution is 0.0296. The molecule has 0 unspecified atom stereocenters. The molecular weight excluding hydrogens is 312 g/mol. The number of hydrogen-bond acceptors (Lipinski definition) is 6. The van der Waals surface area contributed by atoms with Crippen molar-refractivity contribution in [2.75, 3.05) is 26.0 Å². The van der Waals surface area contributed by atoms with Crippen LogP contribution in [-0.4, -0.2) is 42.8 Å². The van der Waals surface area contributed by atoms with E-state index in [0.29, 0.717) is 35.7 Å². The fourth-order valence-electron chi connectivity index (χ4n) is 2.20. The van der Waals surface area contributed by atoms with Crippen molar-refractivity contribution in [1.29, 1.82) is 0 Å². The molecule has 24 heavy (non-hydrogen) atoms. The molecule has 1 amide bonds. The van der Waals surface area contributed by atoms with E-state index in [1.165, 1.54) is 18.3 Å². The summed E-state index contributed by atoms with van der Waals surface area (Å²) in [6.07, 6.45) is 0.945. The largest absolute Gasteiger partial charge is 0.497 e. The molecule has 0 saturated heterocycles. The second-order valence-electron chi connectivity index (χ2n) is 6.30. The third kappa shape index (κ3) is 3.98. The van der Waals surface area contributed by atoms with Crippen LogP contribution in [-0.2, 0) is 14.2 Å². The zero-order valence-corrected chi connectivity index (χ0v) is 14.3. The van der Waals surface area contributed by atoms with Crippen LogP contribution in [0.5, 0.6) is 0 Å². The molecule has 0 atom stereocenters. The maximum atomic E-state index is 12.5. The second kappa shape index (κ2) is 6.82. The molecule has 1 heterocycles. The first kappa shape index (κ1) is 17.7. The fraction of sp³-hybridized carbons (Fsp3) is 0.412. The van der Waals surface area contributed by atoms with Gasteiger partial charge in [0.05, 0.1) is 24.9 Å². The molecule has 7 heteroatoms. The highest BCUT2D eigenvalue weighted by molar-refractivity contribution is 5.93. The standard InChI is InChI=1S/C17H22N2O5/c1-17(2,3)24-16(21)19-7-8-23-10-14(19)12-9-11(15(20)22-4)5-6-13(12)18/h5-6,9-10H,7-8,18H2,1-4H3. The van der Waals surface area contributed by atoms with E-state index in [2.05, 4.69) is 0 Å². The van der Waals surface area contributed by atoms with E-state index in [1.54, 1.807) is 39.0 Å². The Balaban J connectivity index is 2.39. The van der Waals surface area contributed by atoms with E-state index in [1.807, 2.05) is 0 Å². The number of carbonyl (C=O) groups excluding carboxylic acids is 2. The lowest BCUT2D eigenvalue weighted by Gasteiger charge is -2.31. The topological polar surface area (TPSA) is 91.1 Å². The quantitative estimate of drug-likeness (QED) is 0.660. The molecule has 130 valence electrons. The van der Waals surface area contributed by atoms with Crippen LogP contribution in [0.4, 0.5) is 10.5 Å². The van der Waals surface area contributed by atoms with Crippen LogP contribution in [0.1, 0.15) is 36.7 Å². The molecule has 1 aliphatic heterocycles. The van der Waals surface area contributed by atoms with Crippen molar-refractivity contribution in [3.05, 3.63) is 35.6 Å². The third-order valence-corrected chi connectivity index (χ3v) is 3.28. The molecule has 0 aromatic heterocycles. The molecule has 0 fully saturated rings. The zero-order chi connectivity index (χ0) is 17.9.